The molecule has 0 aromatic carbocycles. The molecule has 1 aromatic rings. The maximum atomic E-state index is 13.4. The first-order valence-corrected chi connectivity index (χ1v) is 6.68. The van der Waals surface area contributed by atoms with Crippen LogP contribution in [0.1, 0.15) is 37.0 Å². The summed E-state index contributed by atoms with van der Waals surface area (Å²) in [6.07, 6.45) is 4.02. The minimum absolute atomic E-state index is 0.0345. The molecule has 1 heterocycles. The molecule has 0 atom stereocenters. The van der Waals surface area contributed by atoms with Gasteiger partial charge in [0.25, 0.3) is 5.91 Å². The van der Waals surface area contributed by atoms with Crippen molar-refractivity contribution in [1.29, 1.82) is 0 Å². The van der Waals surface area contributed by atoms with Gasteiger partial charge in [0.05, 0.1) is 11.8 Å². The van der Waals surface area contributed by atoms with Crippen molar-refractivity contribution in [3.8, 4) is 0 Å². The Morgan fingerprint density at radius 2 is 2.18 bits per heavy atom. The highest BCUT2D eigenvalue weighted by Crippen LogP contribution is 2.19. The van der Waals surface area contributed by atoms with E-state index in [1.165, 1.54) is 12.3 Å². The Morgan fingerprint density at radius 1 is 1.53 bits per heavy atom. The van der Waals surface area contributed by atoms with Crippen LogP contribution in [-0.4, -0.2) is 21.8 Å². The number of rotatable bonds is 5. The molecule has 5 heteroatoms. The van der Waals surface area contributed by atoms with Crippen LogP contribution in [0.2, 0.25) is 0 Å². The lowest BCUT2D eigenvalue weighted by atomic mass is 9.95. The summed E-state index contributed by atoms with van der Waals surface area (Å²) >= 11 is 3.39. The number of halogens is 2. The minimum Gasteiger partial charge on any atom is -0.346 e. The Hall–Kier alpha value is -0.970. The van der Waals surface area contributed by atoms with E-state index in [4.69, 9.17) is 0 Å². The summed E-state index contributed by atoms with van der Waals surface area (Å²) in [7, 11) is 0. The summed E-state index contributed by atoms with van der Waals surface area (Å²) in [6.45, 7) is 3.99. The van der Waals surface area contributed by atoms with Crippen LogP contribution < -0.4 is 5.32 Å². The Balaban J connectivity index is 2.89. The third-order valence-corrected chi connectivity index (χ3v) is 4.08. The van der Waals surface area contributed by atoms with Gasteiger partial charge in [0.2, 0.25) is 0 Å². The summed E-state index contributed by atoms with van der Waals surface area (Å²) in [5, 5.41) is 3.53. The highest BCUT2D eigenvalue weighted by Gasteiger charge is 2.28. The van der Waals surface area contributed by atoms with Gasteiger partial charge in [-0.2, -0.15) is 0 Å². The SMILES string of the molecule is CCC(CC)(CBr)NC(=O)c1ccncc1F. The largest absolute Gasteiger partial charge is 0.346 e. The number of alkyl halides is 1. The Kier molecular flexibility index (Phi) is 5.05. The first-order valence-electron chi connectivity index (χ1n) is 5.56. The van der Waals surface area contributed by atoms with Crippen molar-refractivity contribution in [3.05, 3.63) is 29.8 Å². The lowest BCUT2D eigenvalue weighted by molar-refractivity contribution is 0.0899. The summed E-state index contributed by atoms with van der Waals surface area (Å²) in [5.41, 5.74) is -0.292. The molecular formula is C12H16BrFN2O. The van der Waals surface area contributed by atoms with Gasteiger partial charge < -0.3 is 5.32 Å². The molecule has 0 saturated carbocycles. The van der Waals surface area contributed by atoms with Gasteiger partial charge in [0, 0.05) is 17.1 Å². The van der Waals surface area contributed by atoms with E-state index in [9.17, 15) is 9.18 Å². The molecular weight excluding hydrogens is 287 g/mol. The molecule has 0 saturated heterocycles. The van der Waals surface area contributed by atoms with Gasteiger partial charge in [-0.3, -0.25) is 9.78 Å². The molecule has 0 spiro atoms. The van der Waals surface area contributed by atoms with E-state index in [0.717, 1.165) is 19.0 Å². The van der Waals surface area contributed by atoms with Crippen molar-refractivity contribution < 1.29 is 9.18 Å². The van der Waals surface area contributed by atoms with Crippen LogP contribution in [0.4, 0.5) is 4.39 Å². The average molecular weight is 303 g/mol. The second-order valence-corrected chi connectivity index (χ2v) is 4.49. The predicted molar refractivity (Wildman–Crippen MR) is 68.8 cm³/mol. The minimum atomic E-state index is -0.597. The number of pyridine rings is 1. The van der Waals surface area contributed by atoms with Crippen LogP contribution in [0.25, 0.3) is 0 Å². The number of nitrogens with zero attached hydrogens (tertiary/aromatic N) is 1. The summed E-state index contributed by atoms with van der Waals surface area (Å²) in [4.78, 5) is 15.6. The second-order valence-electron chi connectivity index (χ2n) is 3.93. The fourth-order valence-electron chi connectivity index (χ4n) is 1.52. The number of carbonyl (C=O) groups excluding carboxylic acids is 1. The number of hydrogen-bond acceptors (Lipinski definition) is 2. The van der Waals surface area contributed by atoms with Gasteiger partial charge in [-0.05, 0) is 18.9 Å². The molecule has 1 aromatic heterocycles. The molecule has 0 aliphatic rings. The van der Waals surface area contributed by atoms with Crippen molar-refractivity contribution in [2.75, 3.05) is 5.33 Å². The molecule has 0 radical (unpaired) electrons. The molecule has 0 aliphatic carbocycles. The van der Waals surface area contributed by atoms with E-state index < -0.39 is 11.7 Å². The van der Waals surface area contributed by atoms with E-state index >= 15 is 0 Å². The molecule has 3 nitrogen and oxygen atoms in total. The molecule has 0 unspecified atom stereocenters. The monoisotopic (exact) mass is 302 g/mol. The van der Waals surface area contributed by atoms with Gasteiger partial charge in [0.1, 0.15) is 0 Å². The molecule has 0 fully saturated rings. The number of aromatic nitrogens is 1. The zero-order valence-electron chi connectivity index (χ0n) is 9.96. The van der Waals surface area contributed by atoms with Gasteiger partial charge in [-0.1, -0.05) is 29.8 Å². The summed E-state index contributed by atoms with van der Waals surface area (Å²) < 4.78 is 13.4. The number of hydrogen-bond donors (Lipinski definition) is 1. The van der Waals surface area contributed by atoms with Crippen molar-refractivity contribution in [3.63, 3.8) is 0 Å². The molecule has 1 rings (SSSR count). The van der Waals surface area contributed by atoms with Crippen molar-refractivity contribution in [2.24, 2.45) is 0 Å². The highest BCUT2D eigenvalue weighted by molar-refractivity contribution is 9.09. The standard InChI is InChI=1S/C12H16BrFN2O/c1-3-12(4-2,8-13)16-11(17)9-5-6-15-7-10(9)14/h5-7H,3-4,8H2,1-2H3,(H,16,17). The maximum Gasteiger partial charge on any atom is 0.254 e. The molecule has 94 valence electrons. The molecule has 1 amide bonds. The molecule has 17 heavy (non-hydrogen) atoms. The zero-order chi connectivity index (χ0) is 12.9. The van der Waals surface area contributed by atoms with Gasteiger partial charge in [-0.15, -0.1) is 0 Å². The van der Waals surface area contributed by atoms with Crippen molar-refractivity contribution >= 4 is 21.8 Å². The smallest absolute Gasteiger partial charge is 0.254 e. The van der Waals surface area contributed by atoms with E-state index in [2.05, 4.69) is 26.2 Å². The summed E-state index contributed by atoms with van der Waals surface area (Å²) in [6, 6.07) is 1.38. The Labute approximate surface area is 109 Å². The van der Waals surface area contributed by atoms with Gasteiger partial charge in [-0.25, -0.2) is 4.39 Å². The fraction of sp³-hybridized carbons (Fsp3) is 0.500. The van der Waals surface area contributed by atoms with Crippen LogP contribution in [-0.2, 0) is 0 Å². The van der Waals surface area contributed by atoms with E-state index in [-0.39, 0.29) is 11.1 Å². The van der Waals surface area contributed by atoms with Crippen LogP contribution >= 0.6 is 15.9 Å². The maximum absolute atomic E-state index is 13.4. The summed E-state index contributed by atoms with van der Waals surface area (Å²) in [5.74, 6) is -0.992. The van der Waals surface area contributed by atoms with Crippen molar-refractivity contribution in [2.45, 2.75) is 32.2 Å². The quantitative estimate of drug-likeness (QED) is 0.850. The number of amides is 1. The van der Waals surface area contributed by atoms with Gasteiger partial charge >= 0.3 is 0 Å². The normalized spacial score (nSPS) is 11.3. The van der Waals surface area contributed by atoms with Crippen LogP contribution in [0.5, 0.6) is 0 Å². The van der Waals surface area contributed by atoms with E-state index in [1.54, 1.807) is 0 Å². The lowest BCUT2D eigenvalue weighted by Gasteiger charge is -2.30. The van der Waals surface area contributed by atoms with Crippen molar-refractivity contribution in [1.82, 2.24) is 10.3 Å². The van der Waals surface area contributed by atoms with E-state index in [0.29, 0.717) is 5.33 Å². The number of carbonyl (C=O) groups is 1. The third-order valence-electron chi connectivity index (χ3n) is 3.01. The van der Waals surface area contributed by atoms with Crippen LogP contribution in [0.15, 0.2) is 18.5 Å². The predicted octanol–water partition coefficient (Wildman–Crippen LogP) is 2.90. The fourth-order valence-corrected chi connectivity index (χ4v) is 2.45. The first kappa shape index (κ1) is 14.1. The average Bonchev–Trinajstić information content (AvgIpc) is 2.36. The Morgan fingerprint density at radius 3 is 2.65 bits per heavy atom. The molecule has 0 aliphatic heterocycles. The second kappa shape index (κ2) is 6.10. The highest BCUT2D eigenvalue weighted by atomic mass is 79.9. The molecule has 0 bridgehead atoms. The van der Waals surface area contributed by atoms with Crippen LogP contribution in [0.3, 0.4) is 0 Å². The van der Waals surface area contributed by atoms with E-state index in [1.807, 2.05) is 13.8 Å². The zero-order valence-corrected chi connectivity index (χ0v) is 11.6. The topological polar surface area (TPSA) is 42.0 Å². The molecule has 1 N–H and O–H groups in total. The first-order chi connectivity index (χ1) is 8.08. The van der Waals surface area contributed by atoms with Crippen LogP contribution in [0, 0.1) is 5.82 Å². The third kappa shape index (κ3) is 3.25. The number of nitrogens with one attached hydrogen (secondary N) is 1. The lowest BCUT2D eigenvalue weighted by Crippen LogP contribution is -2.49. The van der Waals surface area contributed by atoms with Gasteiger partial charge in [0.15, 0.2) is 5.82 Å². The Bertz CT molecular complexity index is 386.